The minimum atomic E-state index is 0.502. The Morgan fingerprint density at radius 1 is 0.459 bits per heavy atom. The summed E-state index contributed by atoms with van der Waals surface area (Å²) in [6.07, 6.45) is 5.29. The van der Waals surface area contributed by atoms with Crippen molar-refractivity contribution in [1.29, 1.82) is 0 Å². The summed E-state index contributed by atoms with van der Waals surface area (Å²) in [5, 5.41) is 2.30. The Hall–Kier alpha value is -5.30. The lowest BCUT2D eigenvalue weighted by atomic mass is 10.2. The predicted molar refractivity (Wildman–Crippen MR) is 144 cm³/mol. The van der Waals surface area contributed by atoms with Gasteiger partial charge in [-0.15, -0.1) is 0 Å². The quantitative estimate of drug-likeness (QED) is 0.302. The van der Waals surface area contributed by atoms with E-state index >= 15 is 0 Å². The molecule has 0 aliphatic rings. The molecule has 0 unspecified atom stereocenters. The smallest absolute Gasteiger partial charge is 0.182 e. The normalized spacial score (nSPS) is 11.2. The molecule has 2 aromatic carbocycles. The lowest BCUT2D eigenvalue weighted by Crippen LogP contribution is -2.02. The number of hydrogen-bond acceptors (Lipinski definition) is 6. The number of benzene rings is 2. The van der Waals surface area contributed by atoms with Gasteiger partial charge in [-0.1, -0.05) is 30.3 Å². The van der Waals surface area contributed by atoms with Crippen molar-refractivity contribution >= 4 is 21.9 Å². The molecule has 0 saturated carbocycles. The van der Waals surface area contributed by atoms with E-state index < -0.39 is 0 Å². The summed E-state index contributed by atoms with van der Waals surface area (Å²) in [4.78, 5) is 27.7. The molecule has 0 atom stereocenters. The van der Waals surface area contributed by atoms with Crippen molar-refractivity contribution in [1.82, 2.24) is 34.5 Å². The zero-order valence-electron chi connectivity index (χ0n) is 19.6. The van der Waals surface area contributed by atoms with E-state index in [2.05, 4.69) is 67.0 Å². The molecule has 0 N–H and O–H groups in total. The Balaban J connectivity index is 1.37. The van der Waals surface area contributed by atoms with E-state index in [0.29, 0.717) is 28.9 Å². The molecular formula is C30H19N7. The van der Waals surface area contributed by atoms with Crippen LogP contribution in [0.1, 0.15) is 0 Å². The lowest BCUT2D eigenvalue weighted by Gasteiger charge is -2.10. The molecule has 0 spiro atoms. The van der Waals surface area contributed by atoms with E-state index in [1.165, 1.54) is 5.39 Å². The molecule has 5 heterocycles. The van der Waals surface area contributed by atoms with E-state index in [-0.39, 0.29) is 0 Å². The first-order valence-electron chi connectivity index (χ1n) is 11.9. The third-order valence-corrected chi connectivity index (χ3v) is 6.24. The van der Waals surface area contributed by atoms with Crippen LogP contribution < -0.4 is 0 Å². The zero-order valence-corrected chi connectivity index (χ0v) is 19.6. The van der Waals surface area contributed by atoms with Crippen molar-refractivity contribution in [3.63, 3.8) is 0 Å². The van der Waals surface area contributed by atoms with Gasteiger partial charge in [0.15, 0.2) is 17.5 Å². The van der Waals surface area contributed by atoms with Crippen LogP contribution >= 0.6 is 0 Å². The second-order valence-corrected chi connectivity index (χ2v) is 8.51. The summed E-state index contributed by atoms with van der Waals surface area (Å²) >= 11 is 0. The molecule has 0 radical (unpaired) electrons. The number of rotatable bonds is 4. The number of hydrogen-bond donors (Lipinski definition) is 0. The third kappa shape index (κ3) is 3.70. The van der Waals surface area contributed by atoms with Gasteiger partial charge in [-0.05, 0) is 66.7 Å². The van der Waals surface area contributed by atoms with E-state index in [4.69, 9.17) is 9.97 Å². The minimum absolute atomic E-state index is 0.502. The van der Waals surface area contributed by atoms with Crippen molar-refractivity contribution in [2.24, 2.45) is 0 Å². The van der Waals surface area contributed by atoms with Crippen LogP contribution in [0.2, 0.25) is 0 Å². The molecule has 7 nitrogen and oxygen atoms in total. The molecule has 0 saturated heterocycles. The van der Waals surface area contributed by atoms with E-state index in [1.807, 2.05) is 60.8 Å². The van der Waals surface area contributed by atoms with Crippen LogP contribution in [0.3, 0.4) is 0 Å². The molecule has 7 rings (SSSR count). The van der Waals surface area contributed by atoms with Crippen LogP contribution in [0, 0.1) is 0 Å². The fourth-order valence-electron chi connectivity index (χ4n) is 4.54. The number of nitrogens with zero attached hydrogens (tertiary/aromatic N) is 7. The fraction of sp³-hybridized carbons (Fsp3) is 0. The van der Waals surface area contributed by atoms with Crippen molar-refractivity contribution in [2.45, 2.75) is 0 Å². The van der Waals surface area contributed by atoms with E-state index in [9.17, 15) is 0 Å². The molecule has 7 aromatic rings. The van der Waals surface area contributed by atoms with Gasteiger partial charge in [0.2, 0.25) is 0 Å². The van der Waals surface area contributed by atoms with Gasteiger partial charge in [-0.25, -0.2) is 19.9 Å². The highest BCUT2D eigenvalue weighted by Gasteiger charge is 2.15. The highest BCUT2D eigenvalue weighted by molar-refractivity contribution is 6.07. The molecular weight excluding hydrogens is 458 g/mol. The highest BCUT2D eigenvalue weighted by atomic mass is 15.1. The number of pyridine rings is 3. The van der Waals surface area contributed by atoms with Gasteiger partial charge in [0.25, 0.3) is 0 Å². The topological polar surface area (TPSA) is 82.3 Å². The fourth-order valence-corrected chi connectivity index (χ4v) is 4.54. The molecule has 7 heteroatoms. The monoisotopic (exact) mass is 477 g/mol. The Morgan fingerprint density at radius 2 is 1.05 bits per heavy atom. The Morgan fingerprint density at radius 3 is 1.73 bits per heavy atom. The largest absolute Gasteiger partial charge is 0.294 e. The average Bonchev–Trinajstić information content (AvgIpc) is 3.32. The lowest BCUT2D eigenvalue weighted by molar-refractivity contribution is 1.04. The van der Waals surface area contributed by atoms with Crippen LogP contribution in [-0.4, -0.2) is 34.5 Å². The van der Waals surface area contributed by atoms with Crippen LogP contribution in [-0.2, 0) is 0 Å². The van der Waals surface area contributed by atoms with Gasteiger partial charge < -0.3 is 0 Å². The first-order valence-corrected chi connectivity index (χ1v) is 11.9. The maximum absolute atomic E-state index is 4.76. The second kappa shape index (κ2) is 8.73. The first-order chi connectivity index (χ1) is 18.3. The van der Waals surface area contributed by atoms with Crippen molar-refractivity contribution in [3.8, 4) is 40.1 Å². The molecule has 0 aliphatic heterocycles. The first kappa shape index (κ1) is 21.0. The second-order valence-electron chi connectivity index (χ2n) is 8.51. The SMILES string of the molecule is c1ccc(-c2nc(-c3ccc(-n4c5ccccc5c5cccnc54)cc3)nc(-c3ccccn3)n2)nc1. The van der Waals surface area contributed by atoms with Crippen molar-refractivity contribution < 1.29 is 0 Å². The Bertz CT molecular complexity index is 1750. The van der Waals surface area contributed by atoms with Gasteiger partial charge in [0, 0.05) is 40.6 Å². The van der Waals surface area contributed by atoms with Crippen LogP contribution in [0.25, 0.3) is 62.0 Å². The molecule has 0 fully saturated rings. The van der Waals surface area contributed by atoms with Crippen LogP contribution in [0.4, 0.5) is 0 Å². The van der Waals surface area contributed by atoms with Gasteiger partial charge in [0.05, 0.1) is 5.52 Å². The molecule has 37 heavy (non-hydrogen) atoms. The van der Waals surface area contributed by atoms with Crippen LogP contribution in [0.5, 0.6) is 0 Å². The summed E-state index contributed by atoms with van der Waals surface area (Å²) in [5.41, 5.74) is 5.27. The van der Waals surface area contributed by atoms with Gasteiger partial charge in [-0.2, -0.15) is 0 Å². The maximum Gasteiger partial charge on any atom is 0.182 e. The summed E-state index contributed by atoms with van der Waals surface area (Å²) < 4.78 is 2.18. The minimum Gasteiger partial charge on any atom is -0.294 e. The van der Waals surface area contributed by atoms with Gasteiger partial charge >= 0.3 is 0 Å². The number of fused-ring (bicyclic) bond motifs is 3. The third-order valence-electron chi connectivity index (χ3n) is 6.24. The van der Waals surface area contributed by atoms with Gasteiger partial charge in [0.1, 0.15) is 17.0 Å². The molecule has 174 valence electrons. The summed E-state index contributed by atoms with van der Waals surface area (Å²) in [5.74, 6) is 1.56. The van der Waals surface area contributed by atoms with E-state index in [1.54, 1.807) is 12.4 Å². The molecule has 0 aliphatic carbocycles. The predicted octanol–water partition coefficient (Wildman–Crippen LogP) is 6.15. The summed E-state index contributed by atoms with van der Waals surface area (Å²) in [6.45, 7) is 0. The maximum atomic E-state index is 4.76. The number of aromatic nitrogens is 7. The summed E-state index contributed by atoms with van der Waals surface area (Å²) in [7, 11) is 0. The average molecular weight is 478 g/mol. The molecule has 5 aromatic heterocycles. The standard InChI is InChI=1S/C30H19N7/c1-2-12-26-22(8-1)23-9-7-19-33-30(23)37(26)21-15-13-20(14-16-21)27-34-28(24-10-3-5-17-31-24)36-29(35-27)25-11-4-6-18-32-25/h1-19H. The summed E-state index contributed by atoms with van der Waals surface area (Å²) in [6, 6.07) is 32.0. The van der Waals surface area contributed by atoms with E-state index in [0.717, 1.165) is 27.8 Å². The van der Waals surface area contributed by atoms with Crippen molar-refractivity contribution in [2.75, 3.05) is 0 Å². The highest BCUT2D eigenvalue weighted by Crippen LogP contribution is 2.31. The molecule has 0 bridgehead atoms. The Kier molecular flexibility index (Phi) is 4.96. The van der Waals surface area contributed by atoms with Gasteiger partial charge in [-0.3, -0.25) is 14.5 Å². The number of para-hydroxylation sites is 1. The zero-order chi connectivity index (χ0) is 24.6. The molecule has 0 amide bonds. The van der Waals surface area contributed by atoms with Crippen molar-refractivity contribution in [3.05, 3.63) is 116 Å². The Labute approximate surface area is 212 Å². The van der Waals surface area contributed by atoms with Crippen LogP contribution in [0.15, 0.2) is 116 Å².